The zero-order valence-corrected chi connectivity index (χ0v) is 18.9. The van der Waals surface area contributed by atoms with Gasteiger partial charge in [0.25, 0.3) is 0 Å². The molecule has 0 spiro atoms. The third kappa shape index (κ3) is 5.67. The predicted octanol–water partition coefficient (Wildman–Crippen LogP) is 7.77. The maximum Gasteiger partial charge on any atom is 0.460 e. The highest BCUT2D eigenvalue weighted by Crippen LogP contribution is 2.64. The van der Waals surface area contributed by atoms with Crippen LogP contribution in [-0.2, 0) is 9.16 Å². The molecule has 0 saturated carbocycles. The standard InChI is InChI=1S/C16H17F17O2Si/c1-4-34-6-7-35-36(2,3)8-5-9(17,18)10(19,20)11(21,22)12(23,24)13(25,26)14(27,28)15(29,30)16(31,32)33/h4H,1,5-8H2,2-3H3. The summed E-state index contributed by atoms with van der Waals surface area (Å²) in [5, 5.41) is 0. The summed E-state index contributed by atoms with van der Waals surface area (Å²) < 4.78 is 235. The van der Waals surface area contributed by atoms with E-state index in [4.69, 9.17) is 4.43 Å². The molecule has 0 aliphatic rings. The minimum Gasteiger partial charge on any atom is -0.499 e. The fourth-order valence-corrected chi connectivity index (χ4v) is 4.03. The summed E-state index contributed by atoms with van der Waals surface area (Å²) >= 11 is 0. The monoisotopic (exact) mass is 592 g/mol. The predicted molar refractivity (Wildman–Crippen MR) is 89.7 cm³/mol. The van der Waals surface area contributed by atoms with Crippen LogP contribution >= 0.6 is 0 Å². The molecule has 0 aliphatic carbocycles. The van der Waals surface area contributed by atoms with Crippen molar-refractivity contribution in [2.45, 2.75) is 73.2 Å². The van der Waals surface area contributed by atoms with Crippen molar-refractivity contribution in [2.24, 2.45) is 0 Å². The molecular formula is C16H17F17O2Si. The highest BCUT2D eigenvalue weighted by Gasteiger charge is 2.95. The molecule has 0 aromatic carbocycles. The second-order valence-electron chi connectivity index (χ2n) is 7.79. The second-order valence-corrected chi connectivity index (χ2v) is 12.1. The number of rotatable bonds is 14. The first-order valence-corrected chi connectivity index (χ1v) is 12.2. The average molecular weight is 592 g/mol. The molecule has 0 rings (SSSR count). The molecule has 0 heterocycles. The molecule has 0 unspecified atom stereocenters. The van der Waals surface area contributed by atoms with E-state index < -0.39 is 75.0 Å². The SMILES string of the molecule is C=COCCO[Si](C)(C)CCC(F)(F)C(F)(F)C(F)(F)C(F)(F)C(F)(F)C(F)(F)C(F)(F)C(F)(F)F. The van der Waals surface area contributed by atoms with Gasteiger partial charge in [-0.2, -0.15) is 74.6 Å². The summed E-state index contributed by atoms with van der Waals surface area (Å²) in [4.78, 5) is 0. The highest BCUT2D eigenvalue weighted by molar-refractivity contribution is 6.71. The number of hydrogen-bond acceptors (Lipinski definition) is 2. The normalized spacial score (nSPS) is 15.8. The number of halogens is 17. The first kappa shape index (κ1) is 34.5. The van der Waals surface area contributed by atoms with Crippen molar-refractivity contribution in [1.29, 1.82) is 0 Å². The smallest absolute Gasteiger partial charge is 0.460 e. The van der Waals surface area contributed by atoms with Crippen LogP contribution in [0, 0.1) is 0 Å². The van der Waals surface area contributed by atoms with Gasteiger partial charge in [0.05, 0.1) is 12.9 Å². The topological polar surface area (TPSA) is 18.5 Å². The lowest BCUT2D eigenvalue weighted by atomic mass is 9.88. The Morgan fingerprint density at radius 2 is 0.944 bits per heavy atom. The summed E-state index contributed by atoms with van der Waals surface area (Å²) in [6.07, 6.45) is -9.36. The van der Waals surface area contributed by atoms with Crippen molar-refractivity contribution < 1.29 is 83.8 Å². The van der Waals surface area contributed by atoms with Gasteiger partial charge in [-0.3, -0.25) is 0 Å². The molecule has 216 valence electrons. The lowest BCUT2D eigenvalue weighted by Crippen LogP contribution is -2.74. The van der Waals surface area contributed by atoms with Crippen LogP contribution in [0.15, 0.2) is 12.8 Å². The van der Waals surface area contributed by atoms with Crippen molar-refractivity contribution in [2.75, 3.05) is 13.2 Å². The van der Waals surface area contributed by atoms with E-state index in [9.17, 15) is 74.6 Å². The molecule has 2 nitrogen and oxygen atoms in total. The first-order chi connectivity index (χ1) is 15.5. The van der Waals surface area contributed by atoms with E-state index >= 15 is 0 Å². The molecule has 0 aliphatic heterocycles. The molecule has 0 saturated heterocycles. The lowest BCUT2D eigenvalue weighted by Gasteiger charge is -2.43. The Morgan fingerprint density at radius 1 is 0.583 bits per heavy atom. The third-order valence-corrected chi connectivity index (χ3v) is 7.08. The summed E-state index contributed by atoms with van der Waals surface area (Å²) in [6.45, 7) is 4.51. The van der Waals surface area contributed by atoms with Crippen LogP contribution in [0.25, 0.3) is 0 Å². The van der Waals surface area contributed by atoms with E-state index in [0.717, 1.165) is 19.4 Å². The summed E-state index contributed by atoms with van der Waals surface area (Å²) in [5.74, 6) is -56.2. The van der Waals surface area contributed by atoms with E-state index in [1.165, 1.54) is 0 Å². The van der Waals surface area contributed by atoms with E-state index in [2.05, 4.69) is 11.3 Å². The third-order valence-electron chi connectivity index (χ3n) is 4.64. The van der Waals surface area contributed by atoms with Gasteiger partial charge < -0.3 is 9.16 Å². The quantitative estimate of drug-likeness (QED) is 0.0889. The van der Waals surface area contributed by atoms with Gasteiger partial charge in [-0.25, -0.2) is 0 Å². The Morgan fingerprint density at radius 3 is 1.31 bits per heavy atom. The fraction of sp³-hybridized carbons (Fsp3) is 0.875. The molecule has 36 heavy (non-hydrogen) atoms. The first-order valence-electron chi connectivity index (χ1n) is 9.10. The maximum atomic E-state index is 13.9. The molecule has 0 aromatic rings. The number of alkyl halides is 17. The molecule has 0 radical (unpaired) electrons. The van der Waals surface area contributed by atoms with Crippen LogP contribution in [0.1, 0.15) is 6.42 Å². The molecule has 0 N–H and O–H groups in total. The van der Waals surface area contributed by atoms with E-state index in [0.29, 0.717) is 0 Å². The van der Waals surface area contributed by atoms with Crippen molar-refractivity contribution in [3.8, 4) is 0 Å². The van der Waals surface area contributed by atoms with Gasteiger partial charge in [0, 0.05) is 6.42 Å². The Hall–Kier alpha value is -1.47. The molecule has 0 atom stereocenters. The van der Waals surface area contributed by atoms with Crippen LogP contribution in [0.4, 0.5) is 74.6 Å². The molecule has 0 aromatic heterocycles. The van der Waals surface area contributed by atoms with Crippen LogP contribution in [-0.4, -0.2) is 69.2 Å². The fourth-order valence-electron chi connectivity index (χ4n) is 2.33. The Balaban J connectivity index is 6.22. The minimum atomic E-state index is -8.62. The second kappa shape index (κ2) is 10.0. The Kier molecular flexibility index (Phi) is 9.60. The zero-order valence-electron chi connectivity index (χ0n) is 17.9. The zero-order chi connectivity index (χ0) is 29.4. The highest BCUT2D eigenvalue weighted by atomic mass is 28.4. The summed E-state index contributed by atoms with van der Waals surface area (Å²) in [7, 11) is -3.51. The number of ether oxygens (including phenoxy) is 1. The Labute approximate surface area is 192 Å². The van der Waals surface area contributed by atoms with Crippen molar-refractivity contribution in [1.82, 2.24) is 0 Å². The maximum absolute atomic E-state index is 13.9. The lowest BCUT2D eigenvalue weighted by molar-refractivity contribution is -0.461. The van der Waals surface area contributed by atoms with Crippen molar-refractivity contribution >= 4 is 8.32 Å². The molecule has 0 amide bonds. The summed E-state index contributed by atoms with van der Waals surface area (Å²) in [5.41, 5.74) is 0. The van der Waals surface area contributed by atoms with Crippen LogP contribution in [0.3, 0.4) is 0 Å². The van der Waals surface area contributed by atoms with Crippen LogP contribution in [0.2, 0.25) is 19.1 Å². The number of hydrogen-bond donors (Lipinski definition) is 0. The summed E-state index contributed by atoms with van der Waals surface area (Å²) in [6, 6.07) is -1.26. The van der Waals surface area contributed by atoms with Gasteiger partial charge >= 0.3 is 47.6 Å². The van der Waals surface area contributed by atoms with Gasteiger partial charge in [0.2, 0.25) is 0 Å². The van der Waals surface area contributed by atoms with Gasteiger partial charge in [-0.15, -0.1) is 0 Å². The van der Waals surface area contributed by atoms with Gasteiger partial charge in [0.1, 0.15) is 6.61 Å². The van der Waals surface area contributed by atoms with Gasteiger partial charge in [-0.05, 0) is 19.1 Å². The van der Waals surface area contributed by atoms with Gasteiger partial charge in [-0.1, -0.05) is 6.58 Å². The molecule has 0 fully saturated rings. The molecule has 20 heteroatoms. The minimum absolute atomic E-state index is 0.261. The van der Waals surface area contributed by atoms with E-state index in [1.54, 1.807) is 0 Å². The van der Waals surface area contributed by atoms with E-state index in [-0.39, 0.29) is 6.61 Å². The van der Waals surface area contributed by atoms with Crippen LogP contribution < -0.4 is 0 Å². The largest absolute Gasteiger partial charge is 0.499 e. The Bertz CT molecular complexity index is 760. The molecule has 0 bridgehead atoms. The average Bonchev–Trinajstić information content (AvgIpc) is 2.68. The van der Waals surface area contributed by atoms with Gasteiger partial charge in [0.15, 0.2) is 8.32 Å². The van der Waals surface area contributed by atoms with E-state index in [1.807, 2.05) is 0 Å². The van der Waals surface area contributed by atoms with Crippen LogP contribution in [0.5, 0.6) is 0 Å². The van der Waals surface area contributed by atoms with Crippen molar-refractivity contribution in [3.63, 3.8) is 0 Å². The molecular weight excluding hydrogens is 575 g/mol. The van der Waals surface area contributed by atoms with Crippen molar-refractivity contribution in [3.05, 3.63) is 12.8 Å².